The summed E-state index contributed by atoms with van der Waals surface area (Å²) in [5.41, 5.74) is 3.03. The second-order valence-corrected chi connectivity index (χ2v) is 6.62. The predicted octanol–water partition coefficient (Wildman–Crippen LogP) is 2.85. The minimum atomic E-state index is -0.568. The lowest BCUT2D eigenvalue weighted by molar-refractivity contribution is 0.562. The third kappa shape index (κ3) is 2.31. The summed E-state index contributed by atoms with van der Waals surface area (Å²) in [6.07, 6.45) is 6.45. The normalized spacial score (nSPS) is 17.3. The van der Waals surface area contributed by atoms with E-state index in [9.17, 15) is 4.39 Å². The number of halogens is 1. The molecule has 7 heteroatoms. The Kier molecular flexibility index (Phi) is 3.01. The van der Waals surface area contributed by atoms with E-state index in [1.54, 1.807) is 6.07 Å². The quantitative estimate of drug-likeness (QED) is 0.741. The van der Waals surface area contributed by atoms with Gasteiger partial charge in [0.15, 0.2) is 11.5 Å². The predicted molar refractivity (Wildman–Crippen MR) is 87.6 cm³/mol. The summed E-state index contributed by atoms with van der Waals surface area (Å²) in [4.78, 5) is 11.4. The van der Waals surface area contributed by atoms with Crippen LogP contribution < -0.4 is 4.90 Å². The van der Waals surface area contributed by atoms with Gasteiger partial charge in [-0.15, -0.1) is 10.2 Å². The number of anilines is 2. The number of hydrogen-bond acceptors (Lipinski definition) is 5. The molecule has 0 spiro atoms. The Morgan fingerprint density at radius 3 is 2.92 bits per heavy atom. The van der Waals surface area contributed by atoms with E-state index in [-0.39, 0.29) is 0 Å². The van der Waals surface area contributed by atoms with E-state index < -0.39 is 5.95 Å². The molecule has 1 saturated carbocycles. The Hall–Kier alpha value is -2.57. The smallest absolute Gasteiger partial charge is 0.233 e. The molecule has 0 bridgehead atoms. The van der Waals surface area contributed by atoms with Gasteiger partial charge < -0.3 is 9.47 Å². The molecule has 1 aliphatic heterocycles. The molecular formula is C17H17FN6. The van der Waals surface area contributed by atoms with Gasteiger partial charge in [0.2, 0.25) is 5.95 Å². The van der Waals surface area contributed by atoms with Gasteiger partial charge in [-0.25, -0.2) is 9.97 Å². The van der Waals surface area contributed by atoms with Crippen molar-refractivity contribution in [3.63, 3.8) is 0 Å². The number of nitrogens with zero attached hydrogens (tertiary/aromatic N) is 6. The van der Waals surface area contributed by atoms with Crippen molar-refractivity contribution in [2.24, 2.45) is 5.92 Å². The molecule has 122 valence electrons. The molecule has 0 radical (unpaired) electrons. The van der Waals surface area contributed by atoms with Crippen molar-refractivity contribution in [2.45, 2.75) is 32.2 Å². The minimum absolute atomic E-state index is 0.568. The Morgan fingerprint density at radius 2 is 2.12 bits per heavy atom. The summed E-state index contributed by atoms with van der Waals surface area (Å²) in [5, 5.41) is 7.53. The number of aromatic nitrogens is 5. The fraction of sp³-hybridized carbons (Fsp3) is 0.412. The molecular weight excluding hydrogens is 307 g/mol. The van der Waals surface area contributed by atoms with Crippen LogP contribution in [-0.2, 0) is 13.0 Å². The van der Waals surface area contributed by atoms with Crippen molar-refractivity contribution in [3.05, 3.63) is 36.0 Å². The first-order valence-electron chi connectivity index (χ1n) is 8.39. The SMILES string of the molecule is Fc1ccc(N2CCCc3cc4ncn(CC5CC5)c4nc32)nn1. The van der Waals surface area contributed by atoms with Crippen LogP contribution >= 0.6 is 0 Å². The van der Waals surface area contributed by atoms with Gasteiger partial charge in [-0.05, 0) is 55.4 Å². The van der Waals surface area contributed by atoms with Gasteiger partial charge in [0.1, 0.15) is 11.3 Å². The Bertz CT molecular complexity index is 899. The van der Waals surface area contributed by atoms with Crippen LogP contribution in [0.1, 0.15) is 24.8 Å². The first kappa shape index (κ1) is 13.8. The highest BCUT2D eigenvalue weighted by Gasteiger charge is 2.25. The van der Waals surface area contributed by atoms with E-state index >= 15 is 0 Å². The number of imidazole rings is 1. The van der Waals surface area contributed by atoms with Gasteiger partial charge in [-0.2, -0.15) is 4.39 Å². The Balaban J connectivity index is 1.60. The van der Waals surface area contributed by atoms with E-state index in [4.69, 9.17) is 4.98 Å². The van der Waals surface area contributed by atoms with Crippen LogP contribution in [-0.4, -0.2) is 31.3 Å². The molecule has 3 aromatic rings. The molecule has 0 aromatic carbocycles. The van der Waals surface area contributed by atoms with E-state index in [0.29, 0.717) is 5.82 Å². The molecule has 0 unspecified atom stereocenters. The highest BCUT2D eigenvalue weighted by molar-refractivity contribution is 5.77. The fourth-order valence-corrected chi connectivity index (χ4v) is 3.36. The van der Waals surface area contributed by atoms with Crippen LogP contribution in [0.5, 0.6) is 0 Å². The van der Waals surface area contributed by atoms with Crippen LogP contribution in [0.4, 0.5) is 16.0 Å². The molecule has 0 saturated heterocycles. The maximum atomic E-state index is 13.1. The molecule has 5 rings (SSSR count). The zero-order chi connectivity index (χ0) is 16.1. The lowest BCUT2D eigenvalue weighted by atomic mass is 10.1. The van der Waals surface area contributed by atoms with Crippen molar-refractivity contribution >= 4 is 22.8 Å². The van der Waals surface area contributed by atoms with E-state index in [0.717, 1.165) is 54.4 Å². The highest BCUT2D eigenvalue weighted by atomic mass is 19.1. The standard InChI is InChI=1S/C17H17FN6/c18-14-5-6-15(22-21-14)24-7-1-2-12-8-13-17(20-16(12)24)23(10-19-13)9-11-3-4-11/h5-6,8,10-11H,1-4,7,9H2. The first-order chi connectivity index (χ1) is 11.8. The van der Waals surface area contributed by atoms with Gasteiger partial charge in [0.05, 0.1) is 6.33 Å². The number of hydrogen-bond donors (Lipinski definition) is 0. The lowest BCUT2D eigenvalue weighted by Gasteiger charge is -2.28. The van der Waals surface area contributed by atoms with E-state index in [1.165, 1.54) is 18.9 Å². The van der Waals surface area contributed by atoms with E-state index in [1.807, 2.05) is 11.2 Å². The van der Waals surface area contributed by atoms with Crippen LogP contribution in [0.2, 0.25) is 0 Å². The average Bonchev–Trinajstić information content (AvgIpc) is 3.34. The molecule has 1 fully saturated rings. The van der Waals surface area contributed by atoms with Crippen molar-refractivity contribution in [1.82, 2.24) is 24.7 Å². The fourth-order valence-electron chi connectivity index (χ4n) is 3.36. The number of aryl methyl sites for hydroxylation is 1. The maximum Gasteiger partial charge on any atom is 0.233 e. The van der Waals surface area contributed by atoms with E-state index in [2.05, 4.69) is 25.8 Å². The largest absolute Gasteiger partial charge is 0.315 e. The monoisotopic (exact) mass is 324 g/mol. The molecule has 0 atom stereocenters. The molecule has 2 aliphatic rings. The third-order valence-electron chi connectivity index (χ3n) is 4.78. The van der Waals surface area contributed by atoms with Gasteiger partial charge >= 0.3 is 0 Å². The van der Waals surface area contributed by atoms with Crippen LogP contribution in [0.15, 0.2) is 24.5 Å². The molecule has 3 aromatic heterocycles. The second kappa shape index (κ2) is 5.22. The van der Waals surface area contributed by atoms with Crippen LogP contribution in [0, 0.1) is 11.9 Å². The lowest BCUT2D eigenvalue weighted by Crippen LogP contribution is -2.27. The molecule has 4 heterocycles. The van der Waals surface area contributed by atoms with Gasteiger partial charge in [0.25, 0.3) is 0 Å². The summed E-state index contributed by atoms with van der Waals surface area (Å²) < 4.78 is 15.2. The summed E-state index contributed by atoms with van der Waals surface area (Å²) >= 11 is 0. The maximum absolute atomic E-state index is 13.1. The highest BCUT2D eigenvalue weighted by Crippen LogP contribution is 2.34. The number of fused-ring (bicyclic) bond motifs is 2. The van der Waals surface area contributed by atoms with Crippen LogP contribution in [0.25, 0.3) is 11.2 Å². The van der Waals surface area contributed by atoms with Gasteiger partial charge in [-0.3, -0.25) is 0 Å². The van der Waals surface area contributed by atoms with Crippen molar-refractivity contribution in [3.8, 4) is 0 Å². The zero-order valence-corrected chi connectivity index (χ0v) is 13.2. The summed E-state index contributed by atoms with van der Waals surface area (Å²) in [6, 6.07) is 5.13. The molecule has 0 amide bonds. The van der Waals surface area contributed by atoms with Crippen LogP contribution in [0.3, 0.4) is 0 Å². The first-order valence-corrected chi connectivity index (χ1v) is 8.39. The Morgan fingerprint density at radius 1 is 1.21 bits per heavy atom. The average molecular weight is 324 g/mol. The zero-order valence-electron chi connectivity index (χ0n) is 13.2. The summed E-state index contributed by atoms with van der Waals surface area (Å²) in [7, 11) is 0. The molecule has 6 nitrogen and oxygen atoms in total. The van der Waals surface area contributed by atoms with Crippen molar-refractivity contribution in [1.29, 1.82) is 0 Å². The second-order valence-electron chi connectivity index (χ2n) is 6.62. The van der Waals surface area contributed by atoms with Crippen molar-refractivity contribution in [2.75, 3.05) is 11.4 Å². The van der Waals surface area contributed by atoms with Crippen molar-refractivity contribution < 1.29 is 4.39 Å². The molecule has 0 N–H and O–H groups in total. The molecule has 1 aliphatic carbocycles. The topological polar surface area (TPSA) is 59.7 Å². The minimum Gasteiger partial charge on any atom is -0.315 e. The Labute approximate surface area is 138 Å². The summed E-state index contributed by atoms with van der Waals surface area (Å²) in [5.74, 6) is 1.73. The summed E-state index contributed by atoms with van der Waals surface area (Å²) in [6.45, 7) is 1.79. The van der Waals surface area contributed by atoms with Gasteiger partial charge in [0, 0.05) is 13.1 Å². The number of pyridine rings is 1. The number of rotatable bonds is 3. The molecule has 24 heavy (non-hydrogen) atoms. The van der Waals surface area contributed by atoms with Gasteiger partial charge in [-0.1, -0.05) is 0 Å². The third-order valence-corrected chi connectivity index (χ3v) is 4.78.